The van der Waals surface area contributed by atoms with Crippen LogP contribution in [0.4, 0.5) is 0 Å². The molecule has 20 heavy (non-hydrogen) atoms. The van der Waals surface area contributed by atoms with Crippen molar-refractivity contribution in [2.24, 2.45) is 0 Å². The molecular weight excluding hydrogens is 268 g/mol. The molecule has 0 aromatic carbocycles. The Bertz CT molecular complexity index is 559. The highest BCUT2D eigenvalue weighted by molar-refractivity contribution is 7.71. The molecule has 0 atom stereocenters. The maximum atomic E-state index is 5.32. The Kier molecular flexibility index (Phi) is 5.92. The van der Waals surface area contributed by atoms with Gasteiger partial charge in [-0.1, -0.05) is 39.0 Å². The molecule has 0 radical (unpaired) electrons. The van der Waals surface area contributed by atoms with Gasteiger partial charge in [0.05, 0.1) is 0 Å². The molecule has 0 fully saturated rings. The summed E-state index contributed by atoms with van der Waals surface area (Å²) in [7, 11) is 0. The van der Waals surface area contributed by atoms with Gasteiger partial charge in [0, 0.05) is 24.5 Å². The first kappa shape index (κ1) is 14.9. The second-order valence-corrected chi connectivity index (χ2v) is 5.39. The lowest BCUT2D eigenvalue weighted by molar-refractivity contribution is 0.557. The normalized spacial score (nSPS) is 10.8. The van der Waals surface area contributed by atoms with Crippen LogP contribution in [-0.4, -0.2) is 19.7 Å². The molecule has 2 heterocycles. The standard InChI is InChI=1S/C15H22N4S/c1-2-3-4-5-6-7-12-19-14(17-18-15(19)20)13-8-10-16-11-9-13/h8-11H,2-7,12H2,1H3,(H,18,20). The molecule has 0 aliphatic carbocycles. The number of hydrogen-bond acceptors (Lipinski definition) is 3. The van der Waals surface area contributed by atoms with E-state index in [-0.39, 0.29) is 0 Å². The number of nitrogens with one attached hydrogen (secondary N) is 1. The Hall–Kier alpha value is -1.49. The second-order valence-electron chi connectivity index (χ2n) is 5.01. The van der Waals surface area contributed by atoms with Crippen molar-refractivity contribution in [1.29, 1.82) is 0 Å². The van der Waals surface area contributed by atoms with E-state index in [4.69, 9.17) is 12.2 Å². The third kappa shape index (κ3) is 4.00. The summed E-state index contributed by atoms with van der Waals surface area (Å²) >= 11 is 5.32. The van der Waals surface area contributed by atoms with Crippen LogP contribution >= 0.6 is 12.2 Å². The molecule has 108 valence electrons. The van der Waals surface area contributed by atoms with Crippen molar-refractivity contribution >= 4 is 12.2 Å². The van der Waals surface area contributed by atoms with Crippen LogP contribution in [0.2, 0.25) is 0 Å². The fourth-order valence-electron chi connectivity index (χ4n) is 2.30. The molecule has 0 spiro atoms. The quantitative estimate of drug-likeness (QED) is 0.580. The molecule has 0 saturated heterocycles. The summed E-state index contributed by atoms with van der Waals surface area (Å²) in [5.74, 6) is 0.908. The average molecular weight is 290 g/mol. The maximum Gasteiger partial charge on any atom is 0.195 e. The minimum Gasteiger partial charge on any atom is -0.300 e. The highest BCUT2D eigenvalue weighted by atomic mass is 32.1. The Morgan fingerprint density at radius 1 is 1.10 bits per heavy atom. The highest BCUT2D eigenvalue weighted by Crippen LogP contribution is 2.17. The lowest BCUT2D eigenvalue weighted by Crippen LogP contribution is -2.01. The predicted molar refractivity (Wildman–Crippen MR) is 84.0 cm³/mol. The molecule has 0 amide bonds. The Morgan fingerprint density at radius 3 is 2.55 bits per heavy atom. The van der Waals surface area contributed by atoms with Gasteiger partial charge in [-0.3, -0.25) is 10.1 Å². The fourth-order valence-corrected chi connectivity index (χ4v) is 2.52. The lowest BCUT2D eigenvalue weighted by Gasteiger charge is -2.06. The monoisotopic (exact) mass is 290 g/mol. The van der Waals surface area contributed by atoms with Crippen LogP contribution < -0.4 is 0 Å². The molecule has 0 saturated carbocycles. The van der Waals surface area contributed by atoms with Crippen molar-refractivity contribution < 1.29 is 0 Å². The van der Waals surface area contributed by atoms with E-state index in [1.165, 1.54) is 32.1 Å². The number of unbranched alkanes of at least 4 members (excludes halogenated alkanes) is 5. The smallest absolute Gasteiger partial charge is 0.195 e. The van der Waals surface area contributed by atoms with E-state index in [0.717, 1.165) is 24.4 Å². The van der Waals surface area contributed by atoms with Gasteiger partial charge < -0.3 is 4.57 Å². The molecule has 4 nitrogen and oxygen atoms in total. The number of hydrogen-bond donors (Lipinski definition) is 1. The van der Waals surface area contributed by atoms with Crippen molar-refractivity contribution in [2.75, 3.05) is 0 Å². The van der Waals surface area contributed by atoms with E-state index >= 15 is 0 Å². The third-order valence-corrected chi connectivity index (χ3v) is 3.74. The van der Waals surface area contributed by atoms with Gasteiger partial charge >= 0.3 is 0 Å². The largest absolute Gasteiger partial charge is 0.300 e. The van der Waals surface area contributed by atoms with Gasteiger partial charge in [-0.15, -0.1) is 0 Å². The summed E-state index contributed by atoms with van der Waals surface area (Å²) in [6, 6.07) is 3.92. The van der Waals surface area contributed by atoms with Crippen molar-refractivity contribution in [2.45, 2.75) is 52.0 Å². The first-order chi connectivity index (χ1) is 9.83. The number of aromatic nitrogens is 4. The van der Waals surface area contributed by atoms with Crippen LogP contribution in [-0.2, 0) is 6.54 Å². The zero-order chi connectivity index (χ0) is 14.2. The highest BCUT2D eigenvalue weighted by Gasteiger charge is 2.07. The number of pyridine rings is 1. The van der Waals surface area contributed by atoms with Gasteiger partial charge in [0.2, 0.25) is 0 Å². The molecule has 5 heteroatoms. The minimum atomic E-state index is 0.699. The number of nitrogens with zero attached hydrogens (tertiary/aromatic N) is 3. The van der Waals surface area contributed by atoms with E-state index in [1.54, 1.807) is 12.4 Å². The van der Waals surface area contributed by atoms with Crippen LogP contribution in [0, 0.1) is 4.77 Å². The summed E-state index contributed by atoms with van der Waals surface area (Å²) < 4.78 is 2.79. The minimum absolute atomic E-state index is 0.699. The zero-order valence-electron chi connectivity index (χ0n) is 12.0. The Labute approximate surface area is 125 Å². The molecule has 2 aromatic rings. The van der Waals surface area contributed by atoms with E-state index in [0.29, 0.717) is 4.77 Å². The molecule has 2 aromatic heterocycles. The molecule has 1 N–H and O–H groups in total. The molecule has 2 rings (SSSR count). The van der Waals surface area contributed by atoms with E-state index < -0.39 is 0 Å². The van der Waals surface area contributed by atoms with Gasteiger partial charge in [-0.25, -0.2) is 0 Å². The van der Waals surface area contributed by atoms with Crippen molar-refractivity contribution in [3.05, 3.63) is 29.3 Å². The summed E-state index contributed by atoms with van der Waals surface area (Å²) in [6.45, 7) is 3.17. The molecule has 0 aliphatic rings. The number of rotatable bonds is 8. The van der Waals surface area contributed by atoms with Crippen molar-refractivity contribution in [3.8, 4) is 11.4 Å². The van der Waals surface area contributed by atoms with Gasteiger partial charge in [-0.05, 0) is 30.8 Å². The summed E-state index contributed by atoms with van der Waals surface area (Å²) in [5.41, 5.74) is 1.05. The van der Waals surface area contributed by atoms with Crippen LogP contribution in [0.1, 0.15) is 45.4 Å². The van der Waals surface area contributed by atoms with Gasteiger partial charge in [0.25, 0.3) is 0 Å². The summed E-state index contributed by atoms with van der Waals surface area (Å²) in [5, 5.41) is 7.22. The van der Waals surface area contributed by atoms with Crippen molar-refractivity contribution in [1.82, 2.24) is 19.7 Å². The number of aromatic amines is 1. The SMILES string of the molecule is CCCCCCCCn1c(-c2ccncc2)n[nH]c1=S. The Balaban J connectivity index is 1.95. The second kappa shape index (κ2) is 7.94. The Morgan fingerprint density at radius 2 is 1.80 bits per heavy atom. The zero-order valence-corrected chi connectivity index (χ0v) is 12.8. The summed E-state index contributed by atoms with van der Waals surface area (Å²) in [6.07, 6.45) is 11.2. The van der Waals surface area contributed by atoms with E-state index in [9.17, 15) is 0 Å². The van der Waals surface area contributed by atoms with Crippen LogP contribution in [0.3, 0.4) is 0 Å². The van der Waals surface area contributed by atoms with Crippen molar-refractivity contribution in [3.63, 3.8) is 0 Å². The first-order valence-corrected chi connectivity index (χ1v) is 7.79. The molecule has 0 bridgehead atoms. The lowest BCUT2D eigenvalue weighted by atomic mass is 10.1. The van der Waals surface area contributed by atoms with Gasteiger partial charge in [0.15, 0.2) is 10.6 Å². The summed E-state index contributed by atoms with van der Waals surface area (Å²) in [4.78, 5) is 4.04. The van der Waals surface area contributed by atoms with Crippen LogP contribution in [0.15, 0.2) is 24.5 Å². The number of H-pyrrole nitrogens is 1. The van der Waals surface area contributed by atoms with Crippen LogP contribution in [0.25, 0.3) is 11.4 Å². The average Bonchev–Trinajstić information content (AvgIpc) is 2.85. The first-order valence-electron chi connectivity index (χ1n) is 7.38. The molecule has 0 unspecified atom stereocenters. The van der Waals surface area contributed by atoms with E-state index in [1.807, 2.05) is 12.1 Å². The van der Waals surface area contributed by atoms with Gasteiger partial charge in [-0.2, -0.15) is 5.10 Å². The van der Waals surface area contributed by atoms with Crippen LogP contribution in [0.5, 0.6) is 0 Å². The maximum absolute atomic E-state index is 5.32. The molecule has 0 aliphatic heterocycles. The molecular formula is C15H22N4S. The third-order valence-electron chi connectivity index (χ3n) is 3.43. The van der Waals surface area contributed by atoms with Gasteiger partial charge in [0.1, 0.15) is 0 Å². The predicted octanol–water partition coefficient (Wildman–Crippen LogP) is 4.36. The van der Waals surface area contributed by atoms with E-state index in [2.05, 4.69) is 26.7 Å². The topological polar surface area (TPSA) is 46.5 Å². The fraction of sp³-hybridized carbons (Fsp3) is 0.533.